The van der Waals surface area contributed by atoms with E-state index in [1.165, 1.54) is 18.3 Å². The molecule has 0 unspecified atom stereocenters. The Labute approximate surface area is 120 Å². The van der Waals surface area contributed by atoms with Crippen molar-refractivity contribution in [3.8, 4) is 5.88 Å². The molecule has 0 saturated heterocycles. The molecule has 1 fully saturated rings. The van der Waals surface area contributed by atoms with Gasteiger partial charge in [-0.05, 0) is 18.9 Å². The smallest absolute Gasteiger partial charge is 0.388 e. The van der Waals surface area contributed by atoms with Crippen LogP contribution in [0.3, 0.4) is 0 Å². The van der Waals surface area contributed by atoms with Crippen LogP contribution in [0.5, 0.6) is 5.88 Å². The summed E-state index contributed by atoms with van der Waals surface area (Å²) >= 11 is 0. The zero-order valence-corrected chi connectivity index (χ0v) is 11.3. The summed E-state index contributed by atoms with van der Waals surface area (Å²) in [6.45, 7) is -2.54. The number of urea groups is 1. The molecule has 1 aromatic heterocycles. The summed E-state index contributed by atoms with van der Waals surface area (Å²) in [5, 5.41) is 14.8. The van der Waals surface area contributed by atoms with Crippen molar-refractivity contribution in [2.75, 3.05) is 11.9 Å². The monoisotopic (exact) mass is 301 g/mol. The van der Waals surface area contributed by atoms with E-state index in [1.807, 2.05) is 0 Å². The van der Waals surface area contributed by atoms with Crippen molar-refractivity contribution < 1.29 is 23.4 Å². The third kappa shape index (κ3) is 4.82. The summed E-state index contributed by atoms with van der Waals surface area (Å²) < 4.78 is 28.0. The van der Waals surface area contributed by atoms with E-state index in [0.29, 0.717) is 12.2 Å². The van der Waals surface area contributed by atoms with Gasteiger partial charge in [0.05, 0.1) is 18.0 Å². The number of hydrogen-bond donors (Lipinski definition) is 3. The number of pyridine rings is 1. The molecule has 0 bridgehead atoms. The lowest BCUT2D eigenvalue weighted by Gasteiger charge is -2.15. The van der Waals surface area contributed by atoms with Crippen LogP contribution in [-0.2, 0) is 0 Å². The number of ether oxygens (including phenoxy) is 1. The Hall–Kier alpha value is -1.96. The zero-order chi connectivity index (χ0) is 15.2. The van der Waals surface area contributed by atoms with Gasteiger partial charge in [-0.25, -0.2) is 9.78 Å². The number of nitrogens with one attached hydrogen (secondary N) is 2. The Morgan fingerprint density at radius 3 is 2.86 bits per heavy atom. The Bertz CT molecular complexity index is 470. The van der Waals surface area contributed by atoms with Gasteiger partial charge in [0.25, 0.3) is 0 Å². The van der Waals surface area contributed by atoms with Crippen LogP contribution in [0.4, 0.5) is 19.3 Å². The summed E-state index contributed by atoms with van der Waals surface area (Å²) in [5.74, 6) is -0.138. The van der Waals surface area contributed by atoms with E-state index >= 15 is 0 Å². The van der Waals surface area contributed by atoms with Gasteiger partial charge in [-0.1, -0.05) is 6.42 Å². The fourth-order valence-corrected chi connectivity index (χ4v) is 2.27. The zero-order valence-electron chi connectivity index (χ0n) is 11.3. The average molecular weight is 301 g/mol. The lowest BCUT2D eigenvalue weighted by atomic mass is 10.1. The average Bonchev–Trinajstić information content (AvgIpc) is 2.84. The topological polar surface area (TPSA) is 83.5 Å². The first-order chi connectivity index (χ1) is 10.0. The highest BCUT2D eigenvalue weighted by Gasteiger charge is 2.25. The number of nitrogens with zero attached hydrogens (tertiary/aromatic N) is 1. The second-order valence-electron chi connectivity index (χ2n) is 4.86. The number of aromatic nitrogens is 1. The summed E-state index contributed by atoms with van der Waals surface area (Å²) in [4.78, 5) is 15.3. The number of carbonyl (C=O) groups is 1. The minimum Gasteiger partial charge on any atom is -0.417 e. The normalized spacial score (nSPS) is 21.3. The van der Waals surface area contributed by atoms with Crippen LogP contribution in [-0.4, -0.2) is 35.4 Å². The van der Waals surface area contributed by atoms with E-state index in [9.17, 15) is 18.7 Å². The quantitative estimate of drug-likeness (QED) is 0.776. The predicted molar refractivity (Wildman–Crippen MR) is 71.2 cm³/mol. The Balaban J connectivity index is 1.77. The van der Waals surface area contributed by atoms with Gasteiger partial charge in [0.1, 0.15) is 0 Å². The van der Waals surface area contributed by atoms with Crippen molar-refractivity contribution in [1.82, 2.24) is 10.3 Å². The fraction of sp³-hybridized carbons (Fsp3) is 0.538. The largest absolute Gasteiger partial charge is 0.417 e. The molecular weight excluding hydrogens is 284 g/mol. The van der Waals surface area contributed by atoms with Crippen LogP contribution >= 0.6 is 0 Å². The molecule has 1 aliphatic rings. The summed E-state index contributed by atoms with van der Waals surface area (Å²) in [5.41, 5.74) is 0.362. The maximum absolute atomic E-state index is 11.9. The van der Waals surface area contributed by atoms with E-state index in [1.54, 1.807) is 0 Å². The van der Waals surface area contributed by atoms with Gasteiger partial charge in [-0.15, -0.1) is 0 Å². The minimum absolute atomic E-state index is 0.0793. The molecule has 1 aromatic rings. The number of rotatable bonds is 5. The maximum Gasteiger partial charge on any atom is 0.388 e. The Morgan fingerprint density at radius 1 is 1.48 bits per heavy atom. The first kappa shape index (κ1) is 15.4. The second kappa shape index (κ2) is 7.16. The number of aliphatic hydroxyl groups is 1. The first-order valence-electron chi connectivity index (χ1n) is 6.68. The predicted octanol–water partition coefficient (Wildman–Crippen LogP) is 1.97. The molecule has 3 N–H and O–H groups in total. The van der Waals surface area contributed by atoms with E-state index in [-0.39, 0.29) is 17.9 Å². The molecule has 21 heavy (non-hydrogen) atoms. The highest BCUT2D eigenvalue weighted by Crippen LogP contribution is 2.24. The first-order valence-corrected chi connectivity index (χ1v) is 6.68. The Morgan fingerprint density at radius 2 is 2.29 bits per heavy atom. The maximum atomic E-state index is 11.9. The number of amides is 2. The molecule has 2 atom stereocenters. The molecule has 6 nitrogen and oxygen atoms in total. The van der Waals surface area contributed by atoms with Crippen molar-refractivity contribution in [3.05, 3.63) is 18.3 Å². The molecule has 2 amide bonds. The number of aliphatic hydroxyl groups excluding tert-OH is 1. The Kier molecular flexibility index (Phi) is 5.26. The SMILES string of the molecule is O=C(NC[C@H]1CCC[C@@H]1O)Nc1ccc(OC(F)F)nc1. The molecular formula is C13H17F2N3O3. The van der Waals surface area contributed by atoms with Crippen LogP contribution in [0.15, 0.2) is 18.3 Å². The van der Waals surface area contributed by atoms with E-state index in [0.717, 1.165) is 19.3 Å². The van der Waals surface area contributed by atoms with Gasteiger partial charge in [-0.3, -0.25) is 0 Å². The summed E-state index contributed by atoms with van der Waals surface area (Å²) in [7, 11) is 0. The number of carbonyl (C=O) groups excluding carboxylic acids is 1. The number of halogens is 2. The van der Waals surface area contributed by atoms with Crippen LogP contribution in [0, 0.1) is 5.92 Å². The highest BCUT2D eigenvalue weighted by molar-refractivity contribution is 5.89. The molecule has 8 heteroatoms. The lowest BCUT2D eigenvalue weighted by Crippen LogP contribution is -2.35. The van der Waals surface area contributed by atoms with E-state index < -0.39 is 12.6 Å². The number of alkyl halides is 2. The summed E-state index contributed by atoms with van der Waals surface area (Å²) in [6.07, 6.45) is 3.48. The molecule has 1 aliphatic carbocycles. The molecule has 116 valence electrons. The van der Waals surface area contributed by atoms with Gasteiger partial charge < -0.3 is 20.5 Å². The minimum atomic E-state index is -2.93. The van der Waals surface area contributed by atoms with Crippen molar-refractivity contribution >= 4 is 11.7 Å². The third-order valence-corrected chi connectivity index (χ3v) is 3.35. The van der Waals surface area contributed by atoms with Crippen LogP contribution in [0.2, 0.25) is 0 Å². The van der Waals surface area contributed by atoms with Crippen molar-refractivity contribution in [2.24, 2.45) is 5.92 Å². The molecule has 0 radical (unpaired) electrons. The molecule has 0 aromatic carbocycles. The number of anilines is 1. The molecule has 0 spiro atoms. The third-order valence-electron chi connectivity index (χ3n) is 3.35. The summed E-state index contributed by atoms with van der Waals surface area (Å²) in [6, 6.07) is 2.22. The van der Waals surface area contributed by atoms with Crippen molar-refractivity contribution in [2.45, 2.75) is 32.0 Å². The molecule has 1 saturated carbocycles. The van der Waals surface area contributed by atoms with Crippen LogP contribution < -0.4 is 15.4 Å². The fourth-order valence-electron chi connectivity index (χ4n) is 2.27. The van der Waals surface area contributed by atoms with Gasteiger partial charge in [0, 0.05) is 18.5 Å². The van der Waals surface area contributed by atoms with Gasteiger partial charge >= 0.3 is 12.6 Å². The van der Waals surface area contributed by atoms with E-state index in [2.05, 4.69) is 20.4 Å². The van der Waals surface area contributed by atoms with Gasteiger partial charge in [-0.2, -0.15) is 8.78 Å². The van der Waals surface area contributed by atoms with Crippen LogP contribution in [0.1, 0.15) is 19.3 Å². The molecule has 1 heterocycles. The van der Waals surface area contributed by atoms with E-state index in [4.69, 9.17) is 0 Å². The lowest BCUT2D eigenvalue weighted by molar-refractivity contribution is -0.0528. The van der Waals surface area contributed by atoms with Gasteiger partial charge in [0.2, 0.25) is 5.88 Å². The van der Waals surface area contributed by atoms with Crippen LogP contribution in [0.25, 0.3) is 0 Å². The highest BCUT2D eigenvalue weighted by atomic mass is 19.3. The van der Waals surface area contributed by atoms with Crippen molar-refractivity contribution in [3.63, 3.8) is 0 Å². The molecule has 0 aliphatic heterocycles. The second-order valence-corrected chi connectivity index (χ2v) is 4.86. The van der Waals surface area contributed by atoms with Gasteiger partial charge in [0.15, 0.2) is 0 Å². The number of hydrogen-bond acceptors (Lipinski definition) is 4. The standard InChI is InChI=1S/C13H17F2N3O3/c14-12(15)21-11-5-4-9(7-16-11)18-13(20)17-6-8-2-1-3-10(8)19/h4-5,7-8,10,12,19H,1-3,6H2,(H2,17,18,20)/t8-,10+/m1/s1. The molecule has 2 rings (SSSR count). The van der Waals surface area contributed by atoms with Crippen molar-refractivity contribution in [1.29, 1.82) is 0 Å².